The van der Waals surface area contributed by atoms with Gasteiger partial charge in [0.2, 0.25) is 5.91 Å². The average Bonchev–Trinajstić information content (AvgIpc) is 3.26. The Morgan fingerprint density at radius 1 is 1.09 bits per heavy atom. The summed E-state index contributed by atoms with van der Waals surface area (Å²) in [6.07, 6.45) is 5.52. The number of carbonyl (C=O) groups is 1. The highest BCUT2D eigenvalue weighted by atomic mass is 16.2. The van der Waals surface area contributed by atoms with Crippen molar-refractivity contribution >= 4 is 17.5 Å². The van der Waals surface area contributed by atoms with Crippen LogP contribution in [0, 0.1) is 6.92 Å². The number of benzene rings is 1. The molecule has 1 aliphatic heterocycles. The summed E-state index contributed by atoms with van der Waals surface area (Å²) in [6, 6.07) is 16.2. The number of hydrogen-bond acceptors (Lipinski definition) is 6. The molecule has 3 aromatic rings. The summed E-state index contributed by atoms with van der Waals surface area (Å²) in [5, 5.41) is 3.25. The van der Waals surface area contributed by atoms with Crippen LogP contribution in [0.25, 0.3) is 0 Å². The van der Waals surface area contributed by atoms with Gasteiger partial charge < -0.3 is 10.2 Å². The van der Waals surface area contributed by atoms with Crippen LogP contribution in [0.4, 0.5) is 11.6 Å². The van der Waals surface area contributed by atoms with Gasteiger partial charge in [-0.15, -0.1) is 0 Å². The molecule has 1 unspecified atom stereocenters. The van der Waals surface area contributed by atoms with E-state index < -0.39 is 0 Å². The van der Waals surface area contributed by atoms with Gasteiger partial charge in [0, 0.05) is 18.3 Å². The van der Waals surface area contributed by atoms with E-state index in [-0.39, 0.29) is 18.0 Å². The van der Waals surface area contributed by atoms with Gasteiger partial charge in [-0.3, -0.25) is 14.7 Å². The van der Waals surface area contributed by atoms with Crippen molar-refractivity contribution in [3.05, 3.63) is 77.9 Å². The van der Waals surface area contributed by atoms with Crippen molar-refractivity contribution in [3.63, 3.8) is 0 Å². The smallest absolute Gasteiger partial charge is 0.237 e. The Morgan fingerprint density at radius 3 is 2.67 bits per heavy atom. The van der Waals surface area contributed by atoms with E-state index in [2.05, 4.69) is 46.2 Å². The predicted octanol–water partition coefficient (Wildman–Crippen LogP) is 4.50. The Labute approximate surface area is 195 Å². The third kappa shape index (κ3) is 5.93. The van der Waals surface area contributed by atoms with Crippen LogP contribution in [0.5, 0.6) is 0 Å². The predicted molar refractivity (Wildman–Crippen MR) is 130 cm³/mol. The van der Waals surface area contributed by atoms with Crippen LogP contribution in [0.3, 0.4) is 0 Å². The molecular weight excluding hydrogens is 412 g/mol. The third-order valence-corrected chi connectivity index (χ3v) is 5.98. The number of pyridine rings is 1. The molecule has 1 atom stereocenters. The molecule has 0 saturated carbocycles. The maximum Gasteiger partial charge on any atom is 0.237 e. The summed E-state index contributed by atoms with van der Waals surface area (Å²) in [6.45, 7) is 7.99. The zero-order valence-electron chi connectivity index (χ0n) is 19.6. The minimum absolute atomic E-state index is 0.0828. The third-order valence-electron chi connectivity index (χ3n) is 5.98. The van der Waals surface area contributed by atoms with Crippen LogP contribution >= 0.6 is 0 Å². The number of anilines is 2. The summed E-state index contributed by atoms with van der Waals surface area (Å²) < 4.78 is 0. The van der Waals surface area contributed by atoms with Crippen molar-refractivity contribution in [3.8, 4) is 0 Å². The minimum Gasteiger partial charge on any atom is -0.335 e. The van der Waals surface area contributed by atoms with Gasteiger partial charge in [0.05, 0.1) is 30.7 Å². The molecule has 0 radical (unpaired) electrons. The van der Waals surface area contributed by atoms with E-state index in [1.807, 2.05) is 54.4 Å². The Kier molecular flexibility index (Phi) is 7.29. The van der Waals surface area contributed by atoms with Gasteiger partial charge in [0.1, 0.15) is 11.6 Å². The molecule has 1 aliphatic rings. The topological polar surface area (TPSA) is 74.2 Å². The number of carbonyl (C=O) groups excluding carboxylic acids is 1. The highest BCUT2D eigenvalue weighted by Crippen LogP contribution is 2.31. The van der Waals surface area contributed by atoms with Crippen LogP contribution in [0.15, 0.2) is 60.9 Å². The zero-order chi connectivity index (χ0) is 23.2. The standard InChI is InChI=1S/C26H32N6O/c1-19(2)32(17-21-10-5-4-6-11-21)26(33)18-31-14-8-12-23(31)22-15-27-16-25(29-22)30-24-13-7-9-20(3)28-24/h4-7,9-11,13,15-16,19,23H,8,12,14,17-18H2,1-3H3,(H,28,29,30). The first kappa shape index (κ1) is 22.9. The molecule has 0 bridgehead atoms. The normalized spacial score (nSPS) is 16.2. The van der Waals surface area contributed by atoms with Crippen LogP contribution in [-0.4, -0.2) is 49.8 Å². The van der Waals surface area contributed by atoms with Crippen molar-refractivity contribution in [2.24, 2.45) is 0 Å². The molecule has 0 spiro atoms. The summed E-state index contributed by atoms with van der Waals surface area (Å²) in [4.78, 5) is 31.2. The quantitative estimate of drug-likeness (QED) is 0.552. The fourth-order valence-electron chi connectivity index (χ4n) is 4.30. The first-order valence-corrected chi connectivity index (χ1v) is 11.6. The van der Waals surface area contributed by atoms with E-state index in [1.165, 1.54) is 0 Å². The number of nitrogens with zero attached hydrogens (tertiary/aromatic N) is 5. The van der Waals surface area contributed by atoms with Gasteiger partial charge in [0.15, 0.2) is 0 Å². The summed E-state index contributed by atoms with van der Waals surface area (Å²) in [5.41, 5.74) is 2.97. The lowest BCUT2D eigenvalue weighted by atomic mass is 10.1. The number of aromatic nitrogens is 3. The Morgan fingerprint density at radius 2 is 1.91 bits per heavy atom. The van der Waals surface area contributed by atoms with E-state index in [9.17, 15) is 4.79 Å². The average molecular weight is 445 g/mol. The molecule has 33 heavy (non-hydrogen) atoms. The van der Waals surface area contributed by atoms with E-state index in [4.69, 9.17) is 4.98 Å². The van der Waals surface area contributed by atoms with Crippen molar-refractivity contribution in [2.45, 2.75) is 52.2 Å². The van der Waals surface area contributed by atoms with Crippen molar-refractivity contribution in [2.75, 3.05) is 18.4 Å². The molecule has 1 N–H and O–H groups in total. The largest absolute Gasteiger partial charge is 0.335 e. The second-order valence-electron chi connectivity index (χ2n) is 8.85. The number of hydrogen-bond donors (Lipinski definition) is 1. The molecule has 7 heteroatoms. The Hall–Kier alpha value is -3.32. The highest BCUT2D eigenvalue weighted by Gasteiger charge is 2.31. The van der Waals surface area contributed by atoms with Crippen LogP contribution in [0.2, 0.25) is 0 Å². The van der Waals surface area contributed by atoms with Crippen molar-refractivity contribution in [1.82, 2.24) is 24.8 Å². The molecule has 1 amide bonds. The van der Waals surface area contributed by atoms with Gasteiger partial charge in [-0.05, 0) is 57.9 Å². The van der Waals surface area contributed by atoms with E-state index in [0.29, 0.717) is 18.9 Å². The van der Waals surface area contributed by atoms with Gasteiger partial charge >= 0.3 is 0 Å². The van der Waals surface area contributed by atoms with Crippen molar-refractivity contribution in [1.29, 1.82) is 0 Å². The van der Waals surface area contributed by atoms with Crippen molar-refractivity contribution < 1.29 is 4.79 Å². The first-order valence-electron chi connectivity index (χ1n) is 11.6. The molecule has 7 nitrogen and oxygen atoms in total. The van der Waals surface area contributed by atoms with Gasteiger partial charge in [-0.1, -0.05) is 36.4 Å². The molecule has 1 aromatic carbocycles. The van der Waals surface area contributed by atoms with E-state index in [0.717, 1.165) is 42.2 Å². The van der Waals surface area contributed by atoms with Gasteiger partial charge in [-0.25, -0.2) is 9.97 Å². The maximum atomic E-state index is 13.3. The fraction of sp³-hybridized carbons (Fsp3) is 0.385. The van der Waals surface area contributed by atoms with E-state index in [1.54, 1.807) is 6.20 Å². The molecular formula is C26H32N6O. The van der Waals surface area contributed by atoms with Gasteiger partial charge in [0.25, 0.3) is 0 Å². The maximum absolute atomic E-state index is 13.3. The fourth-order valence-corrected chi connectivity index (χ4v) is 4.30. The second kappa shape index (κ2) is 10.5. The molecule has 3 heterocycles. The number of rotatable bonds is 8. The molecule has 1 fully saturated rings. The number of amides is 1. The van der Waals surface area contributed by atoms with Crippen LogP contribution < -0.4 is 5.32 Å². The Balaban J connectivity index is 1.45. The lowest BCUT2D eigenvalue weighted by molar-refractivity contribution is -0.135. The second-order valence-corrected chi connectivity index (χ2v) is 8.85. The number of nitrogens with one attached hydrogen (secondary N) is 1. The molecule has 2 aromatic heterocycles. The zero-order valence-corrected chi connectivity index (χ0v) is 19.6. The molecule has 4 rings (SSSR count). The summed E-state index contributed by atoms with van der Waals surface area (Å²) >= 11 is 0. The Bertz CT molecular complexity index is 1070. The summed E-state index contributed by atoms with van der Waals surface area (Å²) in [7, 11) is 0. The SMILES string of the molecule is Cc1cccc(Nc2cncc(C3CCCN3CC(=O)N(Cc3ccccc3)C(C)C)n2)n1. The molecule has 1 saturated heterocycles. The lowest BCUT2D eigenvalue weighted by Crippen LogP contribution is -2.43. The molecule has 172 valence electrons. The lowest BCUT2D eigenvalue weighted by Gasteiger charge is -2.31. The van der Waals surface area contributed by atoms with E-state index >= 15 is 0 Å². The number of aryl methyl sites for hydroxylation is 1. The molecule has 0 aliphatic carbocycles. The first-order chi connectivity index (χ1) is 16.0. The summed E-state index contributed by atoms with van der Waals surface area (Å²) in [5.74, 6) is 1.55. The minimum atomic E-state index is 0.0828. The van der Waals surface area contributed by atoms with Gasteiger partial charge in [-0.2, -0.15) is 0 Å². The van der Waals surface area contributed by atoms with Crippen LogP contribution in [-0.2, 0) is 11.3 Å². The highest BCUT2D eigenvalue weighted by molar-refractivity contribution is 5.78. The monoisotopic (exact) mass is 444 g/mol. The van der Waals surface area contributed by atoms with Crippen LogP contribution in [0.1, 0.15) is 49.7 Å². The number of likely N-dealkylation sites (tertiary alicyclic amines) is 1.